The van der Waals surface area contributed by atoms with Crippen LogP contribution in [-0.2, 0) is 19.2 Å². The molecule has 12 fully saturated rings. The molecule has 12 aliphatic carbocycles. The third-order valence-corrected chi connectivity index (χ3v) is 16.5. The van der Waals surface area contributed by atoms with Crippen LogP contribution in [0, 0.1) is 80.3 Å². The molecule has 0 aromatic carbocycles. The SMILES string of the molecule is C=CCC1(CC=C)C[C@H]2C[C@@H](C1=O)C2(C)C.C=CCC1C[C@H]2C[C@@H](C1=O)C2(C)C.CC1(C)[C@H]2CCC(=O)[C@@H]1C2.CC1(C)[C@H]2CCC(=O)[C@@H]1C2. The highest BCUT2D eigenvalue weighted by atomic mass is 16.1. The van der Waals surface area contributed by atoms with Gasteiger partial charge in [0.25, 0.3) is 0 Å². The Kier molecular flexibility index (Phi) is 10.5. The standard InChI is InChI=1S/C15H22O.C12H18O.2C9H14O/c1-5-7-15(8-6-2)10-11-9-12(13(15)16)14(11,3)4;1-4-5-8-6-9-7-10(11(8)13)12(9,2)3;2*1-9(2)6-3-4-8(10)7(9)5-6/h5-6,11-12H,1-2,7-10H2,3-4H3;4,8-10H,1,5-7H2,2-3H3;2*6-7H,3-5H2,1-2H3/t11-,12+;8?,9-,10-;2*6-,7-/m1000/s1. The van der Waals surface area contributed by atoms with E-state index < -0.39 is 0 Å². The van der Waals surface area contributed by atoms with Gasteiger partial charge in [0.05, 0.1) is 0 Å². The lowest BCUT2D eigenvalue weighted by atomic mass is 9.42. The van der Waals surface area contributed by atoms with Gasteiger partial charge in [0.2, 0.25) is 0 Å². The normalized spacial score (nSPS) is 39.5. The second-order valence-electron chi connectivity index (χ2n) is 19.9. The van der Waals surface area contributed by atoms with Crippen LogP contribution in [0.4, 0.5) is 0 Å². The van der Waals surface area contributed by atoms with Crippen LogP contribution in [0.1, 0.15) is 139 Å². The Labute approximate surface area is 298 Å². The summed E-state index contributed by atoms with van der Waals surface area (Å²) in [7, 11) is 0. The molecule has 12 saturated carbocycles. The first-order chi connectivity index (χ1) is 22.8. The highest BCUT2D eigenvalue weighted by molar-refractivity contribution is 5.90. The molecule has 4 nitrogen and oxygen atoms in total. The van der Waals surface area contributed by atoms with E-state index in [9.17, 15) is 19.2 Å². The van der Waals surface area contributed by atoms with Crippen LogP contribution < -0.4 is 0 Å². The van der Waals surface area contributed by atoms with E-state index in [1.165, 1.54) is 12.8 Å². The summed E-state index contributed by atoms with van der Waals surface area (Å²) in [6, 6.07) is 0. The number of carbonyl (C=O) groups excluding carboxylic acids is 4. The predicted octanol–water partition coefficient (Wildman–Crippen LogP) is 10.6. The van der Waals surface area contributed by atoms with Crippen molar-refractivity contribution in [2.45, 2.75) is 139 Å². The minimum atomic E-state index is -0.160. The van der Waals surface area contributed by atoms with Crippen molar-refractivity contribution in [2.75, 3.05) is 0 Å². The van der Waals surface area contributed by atoms with Crippen molar-refractivity contribution in [3.05, 3.63) is 38.0 Å². The number of hydrogen-bond donors (Lipinski definition) is 0. The molecule has 9 atom stereocenters. The molecule has 4 heteroatoms. The number of rotatable bonds is 6. The lowest BCUT2D eigenvalue weighted by molar-refractivity contribution is -0.169. The predicted molar refractivity (Wildman–Crippen MR) is 200 cm³/mol. The summed E-state index contributed by atoms with van der Waals surface area (Å²) in [5, 5.41) is 0. The van der Waals surface area contributed by atoms with Gasteiger partial charge in [-0.1, -0.05) is 73.6 Å². The van der Waals surface area contributed by atoms with Crippen LogP contribution in [0.5, 0.6) is 0 Å². The second kappa shape index (κ2) is 13.5. The number of ketones is 4. The summed E-state index contributed by atoms with van der Waals surface area (Å²) in [4.78, 5) is 47.0. The molecule has 0 N–H and O–H groups in total. The number of carbonyl (C=O) groups is 4. The van der Waals surface area contributed by atoms with Gasteiger partial charge in [-0.05, 0) is 116 Å². The van der Waals surface area contributed by atoms with Crippen LogP contribution in [0.3, 0.4) is 0 Å². The lowest BCUT2D eigenvalue weighted by Gasteiger charge is -2.61. The average Bonchev–Trinajstić information content (AvgIpc) is 3.03. The number of Topliss-reactive ketones (excluding diaryl/α,β-unsaturated/α-hetero) is 4. The molecule has 0 saturated heterocycles. The summed E-state index contributed by atoms with van der Waals surface area (Å²) >= 11 is 0. The summed E-state index contributed by atoms with van der Waals surface area (Å²) < 4.78 is 0. The van der Waals surface area contributed by atoms with E-state index in [0.29, 0.717) is 63.0 Å². The van der Waals surface area contributed by atoms with E-state index in [1.54, 1.807) is 0 Å². The summed E-state index contributed by atoms with van der Waals surface area (Å²) in [5.74, 6) is 7.03. The van der Waals surface area contributed by atoms with Crippen molar-refractivity contribution in [1.29, 1.82) is 0 Å². The first kappa shape index (κ1) is 38.1. The molecule has 0 aromatic rings. The van der Waals surface area contributed by atoms with E-state index in [1.807, 2.05) is 18.2 Å². The summed E-state index contributed by atoms with van der Waals surface area (Å²) in [6.07, 6.45) is 19.0. The van der Waals surface area contributed by atoms with Gasteiger partial charge in [-0.2, -0.15) is 0 Å². The van der Waals surface area contributed by atoms with Gasteiger partial charge in [-0.25, -0.2) is 0 Å². The molecule has 0 aliphatic heterocycles. The maximum absolute atomic E-state index is 12.6. The Morgan fingerprint density at radius 1 is 0.551 bits per heavy atom. The molecule has 12 rings (SSSR count). The number of fused-ring (bicyclic) bond motifs is 8. The summed E-state index contributed by atoms with van der Waals surface area (Å²) in [6.45, 7) is 29.3. The monoisotopic (exact) mass is 673 g/mol. The molecule has 272 valence electrons. The van der Waals surface area contributed by atoms with Crippen molar-refractivity contribution in [1.82, 2.24) is 0 Å². The average molecular weight is 673 g/mol. The Morgan fingerprint density at radius 3 is 1.29 bits per heavy atom. The Bertz CT molecular complexity index is 1300. The van der Waals surface area contributed by atoms with Gasteiger partial charge in [0, 0.05) is 47.8 Å². The van der Waals surface area contributed by atoms with Crippen LogP contribution in [0.25, 0.3) is 0 Å². The van der Waals surface area contributed by atoms with Gasteiger partial charge < -0.3 is 0 Å². The number of hydrogen-bond acceptors (Lipinski definition) is 4. The van der Waals surface area contributed by atoms with Crippen LogP contribution >= 0.6 is 0 Å². The van der Waals surface area contributed by atoms with Gasteiger partial charge >= 0.3 is 0 Å². The molecule has 12 aliphatic rings. The first-order valence-corrected chi connectivity index (χ1v) is 19.8. The minimum Gasteiger partial charge on any atom is -0.299 e. The van der Waals surface area contributed by atoms with Crippen LogP contribution in [0.15, 0.2) is 38.0 Å². The van der Waals surface area contributed by atoms with Crippen molar-refractivity contribution in [3.63, 3.8) is 0 Å². The van der Waals surface area contributed by atoms with E-state index in [2.05, 4.69) is 75.1 Å². The molecule has 0 radical (unpaired) electrons. The molecule has 0 spiro atoms. The molecule has 0 aromatic heterocycles. The van der Waals surface area contributed by atoms with Crippen LogP contribution in [0.2, 0.25) is 0 Å². The molecule has 49 heavy (non-hydrogen) atoms. The fraction of sp³-hybridized carbons (Fsp3) is 0.778. The maximum Gasteiger partial charge on any atom is 0.143 e. The van der Waals surface area contributed by atoms with E-state index in [0.717, 1.165) is 94.3 Å². The number of allylic oxidation sites excluding steroid dienone is 3. The molecule has 0 heterocycles. The van der Waals surface area contributed by atoms with Crippen molar-refractivity contribution in [3.8, 4) is 0 Å². The zero-order chi connectivity index (χ0) is 36.3. The largest absolute Gasteiger partial charge is 0.299 e. The fourth-order valence-electron chi connectivity index (χ4n) is 11.9. The van der Waals surface area contributed by atoms with Crippen molar-refractivity contribution >= 4 is 23.1 Å². The van der Waals surface area contributed by atoms with Crippen molar-refractivity contribution < 1.29 is 19.2 Å². The smallest absolute Gasteiger partial charge is 0.143 e. The fourth-order valence-corrected chi connectivity index (χ4v) is 11.9. The Hall–Kier alpha value is -2.10. The van der Waals surface area contributed by atoms with Gasteiger partial charge in [0.15, 0.2) is 0 Å². The molecular weight excluding hydrogens is 604 g/mol. The quantitative estimate of drug-likeness (QED) is 0.263. The minimum absolute atomic E-state index is 0.160. The van der Waals surface area contributed by atoms with Gasteiger partial charge in [-0.3, -0.25) is 19.2 Å². The molecule has 8 bridgehead atoms. The van der Waals surface area contributed by atoms with Gasteiger partial charge in [0.1, 0.15) is 23.1 Å². The summed E-state index contributed by atoms with van der Waals surface area (Å²) in [5.41, 5.74) is 1.09. The Balaban J connectivity index is 0.000000130. The molecule has 1 unspecified atom stereocenters. The lowest BCUT2D eigenvalue weighted by Crippen LogP contribution is -2.60. The molecular formula is C45H68O4. The van der Waals surface area contributed by atoms with E-state index in [4.69, 9.17) is 0 Å². The van der Waals surface area contributed by atoms with E-state index in [-0.39, 0.29) is 16.7 Å². The Morgan fingerprint density at radius 2 is 0.980 bits per heavy atom. The maximum atomic E-state index is 12.6. The zero-order valence-corrected chi connectivity index (χ0v) is 32.4. The highest BCUT2D eigenvalue weighted by Gasteiger charge is 2.62. The van der Waals surface area contributed by atoms with Crippen LogP contribution in [-0.4, -0.2) is 23.1 Å². The molecule has 0 amide bonds. The second-order valence-corrected chi connectivity index (χ2v) is 19.9. The van der Waals surface area contributed by atoms with Crippen molar-refractivity contribution in [2.24, 2.45) is 80.3 Å². The zero-order valence-electron chi connectivity index (χ0n) is 32.4. The first-order valence-electron chi connectivity index (χ1n) is 19.8. The third kappa shape index (κ3) is 6.36. The van der Waals surface area contributed by atoms with Gasteiger partial charge in [-0.15, -0.1) is 19.7 Å². The topological polar surface area (TPSA) is 68.3 Å². The third-order valence-electron chi connectivity index (χ3n) is 16.5. The van der Waals surface area contributed by atoms with E-state index >= 15 is 0 Å². The highest BCUT2D eigenvalue weighted by Crippen LogP contribution is 2.64.